The number of hydrogen-bond donors (Lipinski definition) is 1. The van der Waals surface area contributed by atoms with Crippen molar-refractivity contribution in [3.63, 3.8) is 0 Å². The summed E-state index contributed by atoms with van der Waals surface area (Å²) in [4.78, 5) is 29.7. The number of benzene rings is 1. The Labute approximate surface area is 163 Å². The molecule has 146 valence electrons. The van der Waals surface area contributed by atoms with E-state index in [2.05, 4.69) is 17.2 Å². The zero-order valence-electron chi connectivity index (χ0n) is 15.8. The zero-order chi connectivity index (χ0) is 19.1. The molecule has 1 aliphatic heterocycles. The topological polar surface area (TPSA) is 73.2 Å². The third kappa shape index (κ3) is 5.32. The van der Waals surface area contributed by atoms with Crippen molar-refractivity contribution in [3.8, 4) is 0 Å². The summed E-state index contributed by atoms with van der Waals surface area (Å²) >= 11 is 1.32. The van der Waals surface area contributed by atoms with Crippen LogP contribution in [0.2, 0.25) is 0 Å². The molecular formula is C20H27N3O3S. The molecule has 0 radical (unpaired) electrons. The number of rotatable bonds is 9. The molecule has 1 saturated heterocycles. The predicted octanol–water partition coefficient (Wildman–Crippen LogP) is 2.97. The zero-order valence-corrected chi connectivity index (χ0v) is 16.6. The second-order valence-electron chi connectivity index (χ2n) is 6.81. The quantitative estimate of drug-likeness (QED) is 0.405. The number of ether oxygens (including phenoxy) is 1. The number of carbonyl (C=O) groups is 1. The molecule has 7 heteroatoms. The first kappa shape index (κ1) is 19.9. The Morgan fingerprint density at radius 3 is 3.00 bits per heavy atom. The van der Waals surface area contributed by atoms with Crippen LogP contribution in [0.5, 0.6) is 0 Å². The summed E-state index contributed by atoms with van der Waals surface area (Å²) in [5.41, 5.74) is 0.596. The van der Waals surface area contributed by atoms with Gasteiger partial charge in [0.05, 0.1) is 29.3 Å². The van der Waals surface area contributed by atoms with E-state index in [1.807, 2.05) is 18.2 Å². The predicted molar refractivity (Wildman–Crippen MR) is 108 cm³/mol. The van der Waals surface area contributed by atoms with E-state index >= 15 is 0 Å². The van der Waals surface area contributed by atoms with Gasteiger partial charge in [-0.3, -0.25) is 14.2 Å². The molecule has 1 aromatic heterocycles. The van der Waals surface area contributed by atoms with Gasteiger partial charge >= 0.3 is 0 Å². The number of para-hydroxylation sites is 1. The Kier molecular flexibility index (Phi) is 7.29. The number of thioether (sulfide) groups is 1. The third-order valence-corrected chi connectivity index (χ3v) is 5.65. The van der Waals surface area contributed by atoms with Gasteiger partial charge in [0.25, 0.3) is 5.56 Å². The van der Waals surface area contributed by atoms with Crippen LogP contribution in [-0.2, 0) is 16.1 Å². The van der Waals surface area contributed by atoms with E-state index in [0.29, 0.717) is 29.1 Å². The van der Waals surface area contributed by atoms with Gasteiger partial charge in [0.2, 0.25) is 5.91 Å². The molecule has 27 heavy (non-hydrogen) atoms. The van der Waals surface area contributed by atoms with Crippen LogP contribution in [0.4, 0.5) is 0 Å². The van der Waals surface area contributed by atoms with Crippen LogP contribution < -0.4 is 10.9 Å². The van der Waals surface area contributed by atoms with Gasteiger partial charge in [-0.1, -0.05) is 43.7 Å². The number of nitrogens with zero attached hydrogens (tertiary/aromatic N) is 2. The summed E-state index contributed by atoms with van der Waals surface area (Å²) in [5.74, 6) is 0.227. The maximum Gasteiger partial charge on any atom is 0.262 e. The summed E-state index contributed by atoms with van der Waals surface area (Å²) < 4.78 is 7.38. The number of fused-ring (bicyclic) bond motifs is 1. The Balaban J connectivity index is 1.75. The number of unbranched alkanes of at least 4 members (excludes halogenated alkanes) is 2. The van der Waals surface area contributed by atoms with Crippen molar-refractivity contribution in [3.05, 3.63) is 34.6 Å². The summed E-state index contributed by atoms with van der Waals surface area (Å²) in [6.45, 7) is 4.05. The highest BCUT2D eigenvalue weighted by molar-refractivity contribution is 7.99. The Hall–Kier alpha value is -1.86. The van der Waals surface area contributed by atoms with Gasteiger partial charge in [0.15, 0.2) is 5.16 Å². The van der Waals surface area contributed by atoms with Crippen LogP contribution in [-0.4, -0.2) is 40.5 Å². The summed E-state index contributed by atoms with van der Waals surface area (Å²) in [6, 6.07) is 7.35. The minimum Gasteiger partial charge on any atom is -0.376 e. The van der Waals surface area contributed by atoms with Crippen LogP contribution in [0.25, 0.3) is 10.9 Å². The normalized spacial score (nSPS) is 16.7. The SMILES string of the molecule is CCCCCNC(=O)CSc1nc2ccccc2c(=O)n1C[C@H]1CCCO1. The standard InChI is InChI=1S/C20H27N3O3S/c1-2-3-6-11-21-18(24)14-27-20-22-17-10-5-4-9-16(17)19(25)23(20)13-15-8-7-12-26-15/h4-5,9-10,15H,2-3,6-8,11-14H2,1H3,(H,21,24)/t15-/m1/s1. The van der Waals surface area contributed by atoms with E-state index in [1.54, 1.807) is 10.6 Å². The molecule has 1 N–H and O–H groups in total. The van der Waals surface area contributed by atoms with Crippen LogP contribution >= 0.6 is 11.8 Å². The molecule has 0 aliphatic carbocycles. The molecule has 3 rings (SSSR count). The molecule has 0 unspecified atom stereocenters. The molecule has 1 fully saturated rings. The molecular weight excluding hydrogens is 362 g/mol. The minimum atomic E-state index is -0.0676. The maximum atomic E-state index is 13.0. The lowest BCUT2D eigenvalue weighted by Gasteiger charge is -2.16. The summed E-state index contributed by atoms with van der Waals surface area (Å²) in [6.07, 6.45) is 5.23. The first-order valence-electron chi connectivity index (χ1n) is 9.69. The van der Waals surface area contributed by atoms with Crippen LogP contribution in [0, 0.1) is 0 Å². The second kappa shape index (κ2) is 9.90. The van der Waals surface area contributed by atoms with Gasteiger partial charge in [-0.2, -0.15) is 0 Å². The molecule has 0 bridgehead atoms. The average Bonchev–Trinajstić information content (AvgIpc) is 3.19. The van der Waals surface area contributed by atoms with Crippen molar-refractivity contribution in [2.24, 2.45) is 0 Å². The molecule has 1 aromatic carbocycles. The van der Waals surface area contributed by atoms with Gasteiger partial charge in [-0.25, -0.2) is 4.98 Å². The van der Waals surface area contributed by atoms with E-state index < -0.39 is 0 Å². The van der Waals surface area contributed by atoms with Gasteiger partial charge in [-0.15, -0.1) is 0 Å². The van der Waals surface area contributed by atoms with Crippen LogP contribution in [0.1, 0.15) is 39.0 Å². The monoisotopic (exact) mass is 389 g/mol. The van der Waals surface area contributed by atoms with Gasteiger partial charge < -0.3 is 10.1 Å². The highest BCUT2D eigenvalue weighted by atomic mass is 32.2. The summed E-state index contributed by atoms with van der Waals surface area (Å²) in [5, 5.41) is 4.11. The number of carbonyl (C=O) groups excluding carboxylic acids is 1. The first-order chi connectivity index (χ1) is 13.2. The van der Waals surface area contributed by atoms with Gasteiger partial charge in [0, 0.05) is 13.2 Å². The second-order valence-corrected chi connectivity index (χ2v) is 7.75. The van der Waals surface area contributed by atoms with Crippen molar-refractivity contribution in [1.29, 1.82) is 0 Å². The molecule has 1 aliphatic rings. The Bertz CT molecular complexity index is 831. The fourth-order valence-corrected chi connectivity index (χ4v) is 4.03. The largest absolute Gasteiger partial charge is 0.376 e. The molecule has 2 heterocycles. The fourth-order valence-electron chi connectivity index (χ4n) is 3.19. The van der Waals surface area contributed by atoms with E-state index in [4.69, 9.17) is 4.74 Å². The number of hydrogen-bond acceptors (Lipinski definition) is 5. The van der Waals surface area contributed by atoms with Crippen molar-refractivity contribution >= 4 is 28.6 Å². The van der Waals surface area contributed by atoms with Crippen molar-refractivity contribution in [2.75, 3.05) is 18.9 Å². The average molecular weight is 390 g/mol. The lowest BCUT2D eigenvalue weighted by molar-refractivity contribution is -0.118. The smallest absolute Gasteiger partial charge is 0.262 e. The lowest BCUT2D eigenvalue weighted by atomic mass is 10.2. The molecule has 1 atom stereocenters. The maximum absolute atomic E-state index is 13.0. The van der Waals surface area contributed by atoms with Crippen molar-refractivity contribution in [1.82, 2.24) is 14.9 Å². The number of aromatic nitrogens is 2. The van der Waals surface area contributed by atoms with E-state index in [9.17, 15) is 9.59 Å². The molecule has 0 spiro atoms. The highest BCUT2D eigenvalue weighted by Crippen LogP contribution is 2.20. The molecule has 6 nitrogen and oxygen atoms in total. The van der Waals surface area contributed by atoms with Crippen LogP contribution in [0.15, 0.2) is 34.2 Å². The van der Waals surface area contributed by atoms with Gasteiger partial charge in [-0.05, 0) is 31.4 Å². The van der Waals surface area contributed by atoms with Gasteiger partial charge in [0.1, 0.15) is 0 Å². The minimum absolute atomic E-state index is 0.0258. The Morgan fingerprint density at radius 2 is 2.22 bits per heavy atom. The van der Waals surface area contributed by atoms with Crippen LogP contribution in [0.3, 0.4) is 0 Å². The number of nitrogens with one attached hydrogen (secondary N) is 1. The van der Waals surface area contributed by atoms with Crippen molar-refractivity contribution < 1.29 is 9.53 Å². The number of amides is 1. The third-order valence-electron chi connectivity index (χ3n) is 4.67. The lowest BCUT2D eigenvalue weighted by Crippen LogP contribution is -2.30. The Morgan fingerprint density at radius 1 is 1.37 bits per heavy atom. The molecule has 0 saturated carbocycles. The van der Waals surface area contributed by atoms with Crippen molar-refractivity contribution in [2.45, 2.75) is 56.8 Å². The van der Waals surface area contributed by atoms with E-state index in [-0.39, 0.29) is 23.3 Å². The van der Waals surface area contributed by atoms with E-state index in [0.717, 1.165) is 38.7 Å². The fraction of sp³-hybridized carbons (Fsp3) is 0.550. The molecule has 1 amide bonds. The summed E-state index contributed by atoms with van der Waals surface area (Å²) in [7, 11) is 0. The molecule has 2 aromatic rings. The first-order valence-corrected chi connectivity index (χ1v) is 10.7. The van der Waals surface area contributed by atoms with E-state index in [1.165, 1.54) is 11.8 Å². The highest BCUT2D eigenvalue weighted by Gasteiger charge is 2.20.